The maximum Gasteiger partial charge on any atom is 0.172 e. The molecule has 3 heteroatoms. The molecule has 0 N–H and O–H groups in total. The fourth-order valence-corrected chi connectivity index (χ4v) is 3.25. The summed E-state index contributed by atoms with van der Waals surface area (Å²) in [5.74, 6) is 2.88. The van der Waals surface area contributed by atoms with Crippen LogP contribution in [0.15, 0.2) is 109 Å². The van der Waals surface area contributed by atoms with E-state index < -0.39 is 0 Å². The molecule has 0 amide bonds. The molecule has 31 heavy (non-hydrogen) atoms. The fourth-order valence-electron chi connectivity index (χ4n) is 3.25. The van der Waals surface area contributed by atoms with Crippen molar-refractivity contribution in [1.82, 2.24) is 0 Å². The number of hydrogen-bond acceptors (Lipinski definition) is 3. The zero-order valence-electron chi connectivity index (χ0n) is 17.4. The summed E-state index contributed by atoms with van der Waals surface area (Å²) in [6.07, 6.45) is 1.69. The molecule has 0 saturated carbocycles. The van der Waals surface area contributed by atoms with E-state index >= 15 is 0 Å². The Labute approximate surface area is 183 Å². The van der Waals surface area contributed by atoms with Gasteiger partial charge in [0.2, 0.25) is 0 Å². The summed E-state index contributed by atoms with van der Waals surface area (Å²) in [6.45, 7) is 1.17. The van der Waals surface area contributed by atoms with Crippen molar-refractivity contribution in [3.8, 4) is 23.0 Å². The first-order chi connectivity index (χ1) is 15.4. The molecule has 0 aromatic heterocycles. The van der Waals surface area contributed by atoms with Crippen molar-refractivity contribution < 1.29 is 14.2 Å². The fraction of sp³-hybridized carbons (Fsp3) is 0.143. The predicted octanol–water partition coefficient (Wildman–Crippen LogP) is 6.72. The van der Waals surface area contributed by atoms with Crippen LogP contribution in [-0.4, -0.2) is 13.2 Å². The molecule has 0 aliphatic heterocycles. The molecule has 0 fully saturated rings. The van der Waals surface area contributed by atoms with Gasteiger partial charge in [0.1, 0.15) is 11.5 Å². The zero-order chi connectivity index (χ0) is 21.1. The number of benzene rings is 4. The Kier molecular flexibility index (Phi) is 7.22. The van der Waals surface area contributed by atoms with Crippen LogP contribution in [0, 0.1) is 0 Å². The summed E-state index contributed by atoms with van der Waals surface area (Å²) in [4.78, 5) is 0. The normalized spacial score (nSPS) is 10.5. The lowest BCUT2D eigenvalue weighted by Gasteiger charge is -2.15. The number of hydrogen-bond donors (Lipinski definition) is 0. The van der Waals surface area contributed by atoms with E-state index in [1.165, 1.54) is 11.1 Å². The summed E-state index contributed by atoms with van der Waals surface area (Å²) in [7, 11) is 0. The van der Waals surface area contributed by atoms with Gasteiger partial charge >= 0.3 is 0 Å². The van der Waals surface area contributed by atoms with Crippen LogP contribution in [0.4, 0.5) is 0 Å². The molecular formula is C28H26O3. The highest BCUT2D eigenvalue weighted by molar-refractivity contribution is 5.47. The minimum atomic E-state index is 0.573. The maximum absolute atomic E-state index is 6.11. The van der Waals surface area contributed by atoms with E-state index in [9.17, 15) is 0 Å². The quantitative estimate of drug-likeness (QED) is 0.290. The van der Waals surface area contributed by atoms with Gasteiger partial charge in [-0.2, -0.15) is 0 Å². The molecule has 0 atom stereocenters. The van der Waals surface area contributed by atoms with Gasteiger partial charge in [-0.3, -0.25) is 0 Å². The van der Waals surface area contributed by atoms with Gasteiger partial charge in [0.25, 0.3) is 0 Å². The van der Waals surface area contributed by atoms with Crippen molar-refractivity contribution in [1.29, 1.82) is 0 Å². The van der Waals surface area contributed by atoms with Crippen LogP contribution in [0.1, 0.15) is 11.1 Å². The van der Waals surface area contributed by atoms with Crippen LogP contribution in [0.3, 0.4) is 0 Å². The minimum absolute atomic E-state index is 0.573. The van der Waals surface area contributed by atoms with Crippen LogP contribution < -0.4 is 14.2 Å². The molecule has 0 aliphatic carbocycles. The van der Waals surface area contributed by atoms with Gasteiger partial charge in [-0.15, -0.1) is 0 Å². The molecular weight excluding hydrogens is 384 g/mol. The topological polar surface area (TPSA) is 27.7 Å². The van der Waals surface area contributed by atoms with Crippen molar-refractivity contribution in [2.24, 2.45) is 0 Å². The molecule has 0 heterocycles. The standard InChI is InChI=1S/C28H26O3/c1-4-10-23(11-5-1)18-20-29-26-16-17-27(30-21-19-24-12-6-2-7-13-24)28(22-26)31-25-14-8-3-9-15-25/h1-17,22H,18-21H2. The molecule has 0 unspecified atom stereocenters. The van der Waals surface area contributed by atoms with Crippen LogP contribution >= 0.6 is 0 Å². The van der Waals surface area contributed by atoms with Gasteiger partial charge in [0.05, 0.1) is 13.2 Å². The molecule has 0 spiro atoms. The van der Waals surface area contributed by atoms with Crippen LogP contribution in [-0.2, 0) is 12.8 Å². The van der Waals surface area contributed by atoms with Crippen molar-refractivity contribution >= 4 is 0 Å². The molecule has 0 radical (unpaired) electrons. The van der Waals surface area contributed by atoms with Gasteiger partial charge in [0.15, 0.2) is 11.5 Å². The average Bonchev–Trinajstić information content (AvgIpc) is 2.82. The Bertz CT molecular complexity index is 1050. The Hall–Kier alpha value is -3.72. The van der Waals surface area contributed by atoms with Gasteiger partial charge < -0.3 is 14.2 Å². The van der Waals surface area contributed by atoms with Gasteiger partial charge in [-0.05, 0) is 35.4 Å². The molecule has 4 rings (SSSR count). The average molecular weight is 411 g/mol. The van der Waals surface area contributed by atoms with E-state index in [4.69, 9.17) is 14.2 Å². The second kappa shape index (κ2) is 10.9. The van der Waals surface area contributed by atoms with Gasteiger partial charge in [-0.25, -0.2) is 0 Å². The number of ether oxygens (including phenoxy) is 3. The molecule has 0 saturated heterocycles. The van der Waals surface area contributed by atoms with E-state index in [0.717, 1.165) is 24.3 Å². The summed E-state index contributed by atoms with van der Waals surface area (Å²) < 4.78 is 18.2. The first-order valence-corrected chi connectivity index (χ1v) is 10.6. The highest BCUT2D eigenvalue weighted by Crippen LogP contribution is 2.35. The third kappa shape index (κ3) is 6.38. The zero-order valence-corrected chi connectivity index (χ0v) is 17.4. The summed E-state index contributed by atoms with van der Waals surface area (Å²) >= 11 is 0. The first-order valence-electron chi connectivity index (χ1n) is 10.6. The van der Waals surface area contributed by atoms with Crippen LogP contribution in [0.25, 0.3) is 0 Å². The third-order valence-electron chi connectivity index (χ3n) is 4.88. The molecule has 156 valence electrons. The van der Waals surface area contributed by atoms with E-state index in [1.807, 2.05) is 84.9 Å². The smallest absolute Gasteiger partial charge is 0.172 e. The molecule has 4 aromatic carbocycles. The van der Waals surface area contributed by atoms with E-state index in [1.54, 1.807) is 0 Å². The number of rotatable bonds is 10. The van der Waals surface area contributed by atoms with E-state index in [0.29, 0.717) is 24.7 Å². The van der Waals surface area contributed by atoms with Gasteiger partial charge in [-0.1, -0.05) is 78.9 Å². The second-order valence-electron chi connectivity index (χ2n) is 7.19. The van der Waals surface area contributed by atoms with E-state index in [2.05, 4.69) is 24.3 Å². The van der Waals surface area contributed by atoms with Gasteiger partial charge in [0, 0.05) is 18.9 Å². The molecule has 0 bridgehead atoms. The predicted molar refractivity (Wildman–Crippen MR) is 124 cm³/mol. The SMILES string of the molecule is c1ccc(CCOc2ccc(OCCc3ccccc3)c(Oc3ccccc3)c2)cc1. The Morgan fingerprint density at radius 3 is 1.61 bits per heavy atom. The monoisotopic (exact) mass is 410 g/mol. The van der Waals surface area contributed by atoms with Crippen molar-refractivity contribution in [3.63, 3.8) is 0 Å². The highest BCUT2D eigenvalue weighted by Gasteiger charge is 2.10. The lowest BCUT2D eigenvalue weighted by molar-refractivity contribution is 0.298. The largest absolute Gasteiger partial charge is 0.493 e. The van der Waals surface area contributed by atoms with Crippen molar-refractivity contribution in [2.45, 2.75) is 12.8 Å². The lowest BCUT2D eigenvalue weighted by atomic mass is 10.2. The highest BCUT2D eigenvalue weighted by atomic mass is 16.5. The Morgan fingerprint density at radius 2 is 1.00 bits per heavy atom. The third-order valence-corrected chi connectivity index (χ3v) is 4.88. The molecule has 3 nitrogen and oxygen atoms in total. The minimum Gasteiger partial charge on any atom is -0.493 e. The number of para-hydroxylation sites is 1. The summed E-state index contributed by atoms with van der Waals surface area (Å²) in [5.41, 5.74) is 2.50. The maximum atomic E-state index is 6.11. The van der Waals surface area contributed by atoms with Crippen molar-refractivity contribution in [3.05, 3.63) is 120 Å². The van der Waals surface area contributed by atoms with Crippen LogP contribution in [0.5, 0.6) is 23.0 Å². The van der Waals surface area contributed by atoms with Crippen LogP contribution in [0.2, 0.25) is 0 Å². The Morgan fingerprint density at radius 1 is 0.452 bits per heavy atom. The Balaban J connectivity index is 1.43. The second-order valence-corrected chi connectivity index (χ2v) is 7.19. The lowest BCUT2D eigenvalue weighted by Crippen LogP contribution is -2.04. The van der Waals surface area contributed by atoms with E-state index in [-0.39, 0.29) is 0 Å². The summed E-state index contributed by atoms with van der Waals surface area (Å²) in [6, 6.07) is 36.1. The summed E-state index contributed by atoms with van der Waals surface area (Å²) in [5, 5.41) is 0. The molecule has 0 aliphatic rings. The molecule has 4 aromatic rings. The van der Waals surface area contributed by atoms with Crippen molar-refractivity contribution in [2.75, 3.05) is 13.2 Å². The first kappa shape index (κ1) is 20.5.